The van der Waals surface area contributed by atoms with E-state index in [0.717, 1.165) is 6.42 Å². The minimum atomic E-state index is -0.150. The Hall–Kier alpha value is -1.92. The Morgan fingerprint density at radius 3 is 2.83 bits per heavy atom. The van der Waals surface area contributed by atoms with Crippen molar-refractivity contribution in [1.29, 1.82) is 0 Å². The molecule has 0 fully saturated rings. The Morgan fingerprint density at radius 2 is 2.13 bits per heavy atom. The number of likely N-dealkylation sites (N-methyl/N-ethyl adjacent to an activating group) is 1. The van der Waals surface area contributed by atoms with E-state index >= 15 is 0 Å². The summed E-state index contributed by atoms with van der Waals surface area (Å²) in [5.41, 5.74) is 0.601. The van der Waals surface area contributed by atoms with Gasteiger partial charge in [-0.25, -0.2) is 0 Å². The lowest BCUT2D eigenvalue weighted by Crippen LogP contribution is -2.30. The van der Waals surface area contributed by atoms with E-state index in [9.17, 15) is 4.79 Å². The molecule has 0 saturated heterocycles. The van der Waals surface area contributed by atoms with Crippen molar-refractivity contribution >= 4 is 23.2 Å². The van der Waals surface area contributed by atoms with Gasteiger partial charge in [0.05, 0.1) is 23.8 Å². The number of hydrogen-bond donors (Lipinski definition) is 1. The smallest absolute Gasteiger partial charge is 0.240 e. The van der Waals surface area contributed by atoms with Crippen LogP contribution in [-0.2, 0) is 17.8 Å². The average molecular weight is 337 g/mol. The van der Waals surface area contributed by atoms with Gasteiger partial charge in [0.15, 0.2) is 5.82 Å². The number of hydrogen-bond acceptors (Lipinski definition) is 5. The molecule has 1 aromatic heterocycles. The van der Waals surface area contributed by atoms with Crippen molar-refractivity contribution in [3.05, 3.63) is 41.0 Å². The van der Waals surface area contributed by atoms with E-state index in [1.807, 2.05) is 19.2 Å². The summed E-state index contributed by atoms with van der Waals surface area (Å²) in [6, 6.07) is 7.13. The van der Waals surface area contributed by atoms with Crippen molar-refractivity contribution in [1.82, 2.24) is 15.0 Å². The van der Waals surface area contributed by atoms with Gasteiger partial charge in [-0.1, -0.05) is 42.7 Å². The number of aromatic nitrogens is 2. The summed E-state index contributed by atoms with van der Waals surface area (Å²) in [5, 5.41) is 7.23. The van der Waals surface area contributed by atoms with Gasteiger partial charge in [-0.15, -0.1) is 0 Å². The summed E-state index contributed by atoms with van der Waals surface area (Å²) in [6.45, 7) is 4.82. The first-order valence-electron chi connectivity index (χ1n) is 7.48. The quantitative estimate of drug-likeness (QED) is 0.841. The highest BCUT2D eigenvalue weighted by Crippen LogP contribution is 2.20. The summed E-state index contributed by atoms with van der Waals surface area (Å²) < 4.78 is 5.20. The van der Waals surface area contributed by atoms with Crippen molar-refractivity contribution in [2.24, 2.45) is 5.92 Å². The summed E-state index contributed by atoms with van der Waals surface area (Å²) in [6.07, 6.45) is 0.778. The zero-order chi connectivity index (χ0) is 16.8. The van der Waals surface area contributed by atoms with Crippen molar-refractivity contribution in [3.8, 4) is 0 Å². The molecule has 124 valence electrons. The molecule has 0 saturated carbocycles. The van der Waals surface area contributed by atoms with E-state index in [0.29, 0.717) is 34.9 Å². The Bertz CT molecular complexity index is 657. The van der Waals surface area contributed by atoms with Crippen LogP contribution in [0.2, 0.25) is 5.02 Å². The van der Waals surface area contributed by atoms with Crippen LogP contribution in [0, 0.1) is 5.92 Å². The molecular formula is C16H21ClN4O2. The molecule has 0 aliphatic heterocycles. The zero-order valence-corrected chi connectivity index (χ0v) is 14.3. The highest BCUT2D eigenvalue weighted by molar-refractivity contribution is 6.33. The molecule has 2 aromatic rings. The van der Waals surface area contributed by atoms with Crippen molar-refractivity contribution in [2.75, 3.05) is 18.9 Å². The molecule has 1 aromatic carbocycles. The predicted molar refractivity (Wildman–Crippen MR) is 89.3 cm³/mol. The largest absolute Gasteiger partial charge is 0.338 e. The first-order chi connectivity index (χ1) is 10.9. The lowest BCUT2D eigenvalue weighted by atomic mass is 10.1. The van der Waals surface area contributed by atoms with Crippen molar-refractivity contribution in [3.63, 3.8) is 0 Å². The van der Waals surface area contributed by atoms with E-state index in [2.05, 4.69) is 29.3 Å². The molecule has 7 heteroatoms. The minimum Gasteiger partial charge on any atom is -0.338 e. The van der Waals surface area contributed by atoms with Crippen LogP contribution in [0.5, 0.6) is 0 Å². The number of amides is 1. The molecule has 0 aliphatic carbocycles. The van der Waals surface area contributed by atoms with E-state index in [1.54, 1.807) is 17.0 Å². The van der Waals surface area contributed by atoms with Crippen LogP contribution in [0.1, 0.15) is 25.6 Å². The number of nitrogens with zero attached hydrogens (tertiary/aromatic N) is 3. The number of nitrogens with one attached hydrogen (secondary N) is 1. The van der Waals surface area contributed by atoms with Gasteiger partial charge in [-0.2, -0.15) is 4.98 Å². The lowest BCUT2D eigenvalue weighted by molar-refractivity contribution is -0.117. The Labute approximate surface area is 140 Å². The first-order valence-corrected chi connectivity index (χ1v) is 7.86. The molecule has 0 unspecified atom stereocenters. The van der Waals surface area contributed by atoms with Gasteiger partial charge in [0, 0.05) is 6.42 Å². The topological polar surface area (TPSA) is 71.3 Å². The molecule has 6 nitrogen and oxygen atoms in total. The second-order valence-electron chi connectivity index (χ2n) is 5.90. The number of para-hydroxylation sites is 1. The van der Waals surface area contributed by atoms with E-state index in [4.69, 9.17) is 16.1 Å². The van der Waals surface area contributed by atoms with Crippen LogP contribution >= 0.6 is 11.6 Å². The molecule has 0 aliphatic rings. The maximum absolute atomic E-state index is 12.0. The van der Waals surface area contributed by atoms with Crippen LogP contribution in [-0.4, -0.2) is 34.5 Å². The van der Waals surface area contributed by atoms with Gasteiger partial charge in [-0.05, 0) is 25.1 Å². The highest BCUT2D eigenvalue weighted by atomic mass is 35.5. The molecule has 0 bridgehead atoms. The van der Waals surface area contributed by atoms with Gasteiger partial charge in [-0.3, -0.25) is 9.69 Å². The van der Waals surface area contributed by atoms with Crippen LogP contribution in [0.3, 0.4) is 0 Å². The molecule has 0 spiro atoms. The number of carbonyl (C=O) groups is 1. The minimum absolute atomic E-state index is 0.150. The van der Waals surface area contributed by atoms with E-state index in [1.165, 1.54) is 0 Å². The predicted octanol–water partition coefficient (Wildman–Crippen LogP) is 2.99. The number of benzene rings is 1. The average Bonchev–Trinajstić information content (AvgIpc) is 2.87. The Balaban J connectivity index is 1.84. The van der Waals surface area contributed by atoms with E-state index in [-0.39, 0.29) is 12.5 Å². The summed E-state index contributed by atoms with van der Waals surface area (Å²) in [4.78, 5) is 18.2. The van der Waals surface area contributed by atoms with Crippen LogP contribution < -0.4 is 5.32 Å². The molecule has 0 radical (unpaired) electrons. The van der Waals surface area contributed by atoms with Gasteiger partial charge in [0.25, 0.3) is 0 Å². The number of carbonyl (C=O) groups excluding carboxylic acids is 1. The third-order valence-corrected chi connectivity index (χ3v) is 3.40. The number of rotatable bonds is 7. The van der Waals surface area contributed by atoms with Gasteiger partial charge in [0.2, 0.25) is 11.8 Å². The molecular weight excluding hydrogens is 316 g/mol. The highest BCUT2D eigenvalue weighted by Gasteiger charge is 2.13. The molecule has 23 heavy (non-hydrogen) atoms. The van der Waals surface area contributed by atoms with E-state index < -0.39 is 0 Å². The number of anilines is 1. The maximum Gasteiger partial charge on any atom is 0.240 e. The first kappa shape index (κ1) is 17.4. The second-order valence-corrected chi connectivity index (χ2v) is 6.31. The van der Waals surface area contributed by atoms with Crippen LogP contribution in [0.15, 0.2) is 28.8 Å². The Kier molecular flexibility index (Phi) is 6.12. The fourth-order valence-electron chi connectivity index (χ4n) is 2.09. The summed E-state index contributed by atoms with van der Waals surface area (Å²) in [5.74, 6) is 1.53. The molecule has 2 rings (SSSR count). The molecule has 0 atom stereocenters. The fourth-order valence-corrected chi connectivity index (χ4v) is 2.27. The SMILES string of the molecule is CC(C)Cc1noc(CN(C)CC(=O)Nc2ccccc2Cl)n1. The normalized spacial score (nSPS) is 11.2. The maximum atomic E-state index is 12.0. The van der Waals surface area contributed by atoms with Crippen molar-refractivity contribution in [2.45, 2.75) is 26.8 Å². The van der Waals surface area contributed by atoms with Crippen LogP contribution in [0.25, 0.3) is 0 Å². The fraction of sp³-hybridized carbons (Fsp3) is 0.438. The standard InChI is InChI=1S/C16H21ClN4O2/c1-11(2)8-14-19-16(23-20-14)10-21(3)9-15(22)18-13-7-5-4-6-12(13)17/h4-7,11H,8-10H2,1-3H3,(H,18,22). The summed E-state index contributed by atoms with van der Waals surface area (Å²) in [7, 11) is 1.82. The zero-order valence-electron chi connectivity index (χ0n) is 13.5. The molecule has 1 heterocycles. The van der Waals surface area contributed by atoms with Gasteiger partial charge >= 0.3 is 0 Å². The van der Waals surface area contributed by atoms with Gasteiger partial charge in [0.1, 0.15) is 0 Å². The van der Waals surface area contributed by atoms with Crippen molar-refractivity contribution < 1.29 is 9.32 Å². The van der Waals surface area contributed by atoms with Gasteiger partial charge < -0.3 is 9.84 Å². The number of halogens is 1. The Morgan fingerprint density at radius 1 is 1.39 bits per heavy atom. The molecule has 1 amide bonds. The second kappa shape index (κ2) is 8.08. The van der Waals surface area contributed by atoms with Crippen LogP contribution in [0.4, 0.5) is 5.69 Å². The third-order valence-electron chi connectivity index (χ3n) is 3.07. The monoisotopic (exact) mass is 336 g/mol. The molecule has 1 N–H and O–H groups in total. The summed E-state index contributed by atoms with van der Waals surface area (Å²) >= 11 is 6.02. The lowest BCUT2D eigenvalue weighted by Gasteiger charge is -2.14. The third kappa shape index (κ3) is 5.65.